The fraction of sp³-hybridized carbons (Fsp3) is 0.500. The summed E-state index contributed by atoms with van der Waals surface area (Å²) >= 11 is 0. The van der Waals surface area contributed by atoms with E-state index in [0.29, 0.717) is 13.2 Å². The van der Waals surface area contributed by atoms with Crippen LogP contribution in [0.25, 0.3) is 0 Å². The zero-order chi connectivity index (χ0) is 10.3. The first kappa shape index (κ1) is 8.89. The van der Waals surface area contributed by atoms with Gasteiger partial charge in [-0.3, -0.25) is 0 Å². The zero-order valence-corrected chi connectivity index (χ0v) is 8.95. The Kier molecular flexibility index (Phi) is 1.97. The molecule has 3 heteroatoms. The molecule has 0 aromatic heterocycles. The van der Waals surface area contributed by atoms with Crippen molar-refractivity contribution in [2.24, 2.45) is 0 Å². The van der Waals surface area contributed by atoms with Crippen molar-refractivity contribution in [3.05, 3.63) is 17.7 Å². The maximum atomic E-state index is 5.59. The Labute approximate surface area is 89.6 Å². The van der Waals surface area contributed by atoms with E-state index in [0.717, 1.165) is 24.5 Å². The molecular weight excluding hydrogens is 190 g/mol. The van der Waals surface area contributed by atoms with Gasteiger partial charge in [-0.25, -0.2) is 0 Å². The first-order valence-electron chi connectivity index (χ1n) is 5.48. The van der Waals surface area contributed by atoms with Gasteiger partial charge in [-0.2, -0.15) is 0 Å². The van der Waals surface area contributed by atoms with Gasteiger partial charge < -0.3 is 14.4 Å². The molecule has 0 aliphatic carbocycles. The van der Waals surface area contributed by atoms with Gasteiger partial charge in [0.2, 0.25) is 0 Å². The van der Waals surface area contributed by atoms with E-state index in [1.54, 1.807) is 0 Å². The molecule has 0 atom stereocenters. The Morgan fingerprint density at radius 3 is 2.67 bits per heavy atom. The number of nitrogens with zero attached hydrogens (tertiary/aromatic N) is 1. The highest BCUT2D eigenvalue weighted by atomic mass is 16.6. The lowest BCUT2D eigenvalue weighted by atomic mass is 10.0. The highest BCUT2D eigenvalue weighted by Gasteiger charge is 2.20. The molecule has 0 unspecified atom stereocenters. The van der Waals surface area contributed by atoms with Crippen molar-refractivity contribution in [1.29, 1.82) is 0 Å². The Balaban J connectivity index is 2.08. The van der Waals surface area contributed by atoms with Crippen molar-refractivity contribution in [1.82, 2.24) is 0 Å². The number of hydrogen-bond acceptors (Lipinski definition) is 3. The molecule has 15 heavy (non-hydrogen) atoms. The zero-order valence-electron chi connectivity index (χ0n) is 8.95. The summed E-state index contributed by atoms with van der Waals surface area (Å²) in [5.74, 6) is 1.81. The Morgan fingerprint density at radius 2 is 1.87 bits per heavy atom. The van der Waals surface area contributed by atoms with Crippen LogP contribution in [0.15, 0.2) is 12.1 Å². The van der Waals surface area contributed by atoms with Crippen molar-refractivity contribution in [2.75, 3.05) is 31.7 Å². The van der Waals surface area contributed by atoms with Crippen LogP contribution in [0, 0.1) is 0 Å². The largest absolute Gasteiger partial charge is 0.486 e. The summed E-state index contributed by atoms with van der Waals surface area (Å²) in [6.45, 7) is 2.46. The SMILES string of the molecule is CN1CCCc2cc3c(cc21)OCCO3. The van der Waals surface area contributed by atoms with Crippen molar-refractivity contribution in [3.63, 3.8) is 0 Å². The number of aryl methyl sites for hydroxylation is 1. The fourth-order valence-electron chi connectivity index (χ4n) is 2.30. The van der Waals surface area contributed by atoms with Crippen molar-refractivity contribution < 1.29 is 9.47 Å². The summed E-state index contributed by atoms with van der Waals surface area (Å²) in [5, 5.41) is 0. The van der Waals surface area contributed by atoms with E-state index >= 15 is 0 Å². The molecule has 0 saturated heterocycles. The van der Waals surface area contributed by atoms with Gasteiger partial charge in [-0.1, -0.05) is 0 Å². The average Bonchev–Trinajstić information content (AvgIpc) is 2.27. The van der Waals surface area contributed by atoms with Crippen LogP contribution in [0.4, 0.5) is 5.69 Å². The first-order valence-corrected chi connectivity index (χ1v) is 5.48. The molecular formula is C12H15NO2. The molecule has 2 heterocycles. The van der Waals surface area contributed by atoms with Crippen LogP contribution in [0.5, 0.6) is 11.5 Å². The number of hydrogen-bond donors (Lipinski definition) is 0. The first-order chi connectivity index (χ1) is 7.34. The summed E-state index contributed by atoms with van der Waals surface area (Å²) in [4.78, 5) is 2.29. The van der Waals surface area contributed by atoms with Crippen molar-refractivity contribution in [3.8, 4) is 11.5 Å². The molecule has 80 valence electrons. The molecule has 2 aliphatic rings. The summed E-state index contributed by atoms with van der Waals surface area (Å²) in [6.07, 6.45) is 2.37. The van der Waals surface area contributed by atoms with Crippen LogP contribution in [-0.4, -0.2) is 26.8 Å². The van der Waals surface area contributed by atoms with E-state index in [4.69, 9.17) is 9.47 Å². The molecule has 0 amide bonds. The molecule has 0 bridgehead atoms. The summed E-state index contributed by atoms with van der Waals surface area (Å²) < 4.78 is 11.2. The van der Waals surface area contributed by atoms with Crippen LogP contribution < -0.4 is 14.4 Å². The highest BCUT2D eigenvalue weighted by Crippen LogP contribution is 2.38. The Morgan fingerprint density at radius 1 is 1.13 bits per heavy atom. The minimum absolute atomic E-state index is 0.662. The minimum atomic E-state index is 0.662. The van der Waals surface area contributed by atoms with Gasteiger partial charge in [0.25, 0.3) is 0 Å². The lowest BCUT2D eigenvalue weighted by molar-refractivity contribution is 0.171. The molecule has 0 radical (unpaired) electrons. The van der Waals surface area contributed by atoms with Gasteiger partial charge in [0.15, 0.2) is 11.5 Å². The lowest BCUT2D eigenvalue weighted by Crippen LogP contribution is -2.25. The molecule has 0 N–H and O–H groups in total. The topological polar surface area (TPSA) is 21.7 Å². The minimum Gasteiger partial charge on any atom is -0.486 e. The van der Waals surface area contributed by atoms with Crippen LogP contribution in [0.1, 0.15) is 12.0 Å². The van der Waals surface area contributed by atoms with Crippen LogP contribution in [0.3, 0.4) is 0 Å². The number of fused-ring (bicyclic) bond motifs is 2. The Hall–Kier alpha value is -1.38. The maximum Gasteiger partial charge on any atom is 0.163 e. The third-order valence-electron chi connectivity index (χ3n) is 3.09. The van der Waals surface area contributed by atoms with Crippen LogP contribution in [-0.2, 0) is 6.42 Å². The van der Waals surface area contributed by atoms with E-state index in [1.165, 1.54) is 17.7 Å². The fourth-order valence-corrected chi connectivity index (χ4v) is 2.30. The predicted molar refractivity (Wildman–Crippen MR) is 59.0 cm³/mol. The van der Waals surface area contributed by atoms with E-state index in [-0.39, 0.29) is 0 Å². The monoisotopic (exact) mass is 205 g/mol. The van der Waals surface area contributed by atoms with Gasteiger partial charge >= 0.3 is 0 Å². The quantitative estimate of drug-likeness (QED) is 0.645. The molecule has 3 nitrogen and oxygen atoms in total. The van der Waals surface area contributed by atoms with Gasteiger partial charge in [0, 0.05) is 25.3 Å². The number of anilines is 1. The van der Waals surface area contributed by atoms with Gasteiger partial charge in [0.1, 0.15) is 13.2 Å². The van der Waals surface area contributed by atoms with Crippen LogP contribution >= 0.6 is 0 Å². The molecule has 0 fully saturated rings. The molecule has 0 spiro atoms. The predicted octanol–water partition coefficient (Wildman–Crippen LogP) is 1.84. The highest BCUT2D eigenvalue weighted by molar-refractivity contribution is 5.63. The van der Waals surface area contributed by atoms with Gasteiger partial charge in [-0.15, -0.1) is 0 Å². The second-order valence-corrected chi connectivity index (χ2v) is 4.15. The molecule has 0 saturated carbocycles. The van der Waals surface area contributed by atoms with Gasteiger partial charge in [0.05, 0.1) is 0 Å². The third kappa shape index (κ3) is 1.42. The summed E-state index contributed by atoms with van der Waals surface area (Å²) in [5.41, 5.74) is 2.68. The van der Waals surface area contributed by atoms with E-state index in [2.05, 4.69) is 24.1 Å². The van der Waals surface area contributed by atoms with E-state index in [9.17, 15) is 0 Å². The average molecular weight is 205 g/mol. The second-order valence-electron chi connectivity index (χ2n) is 4.15. The Bertz CT molecular complexity index is 389. The normalized spacial score (nSPS) is 18.6. The lowest BCUT2D eigenvalue weighted by Gasteiger charge is -2.29. The maximum absolute atomic E-state index is 5.59. The summed E-state index contributed by atoms with van der Waals surface area (Å²) in [7, 11) is 2.13. The van der Waals surface area contributed by atoms with E-state index in [1.807, 2.05) is 0 Å². The standard InChI is InChI=1S/C12H15NO2/c1-13-4-2-3-9-7-11-12(8-10(9)13)15-6-5-14-11/h7-8H,2-6H2,1H3. The van der Waals surface area contributed by atoms with E-state index < -0.39 is 0 Å². The second kappa shape index (κ2) is 3.33. The van der Waals surface area contributed by atoms with Crippen molar-refractivity contribution in [2.45, 2.75) is 12.8 Å². The van der Waals surface area contributed by atoms with Crippen LogP contribution in [0.2, 0.25) is 0 Å². The molecule has 2 aliphatic heterocycles. The number of rotatable bonds is 0. The molecule has 3 rings (SSSR count). The number of benzene rings is 1. The molecule has 1 aromatic carbocycles. The van der Waals surface area contributed by atoms with Crippen molar-refractivity contribution >= 4 is 5.69 Å². The third-order valence-corrected chi connectivity index (χ3v) is 3.09. The molecule has 1 aromatic rings. The van der Waals surface area contributed by atoms with Gasteiger partial charge in [-0.05, 0) is 24.5 Å². The number of ether oxygens (including phenoxy) is 2. The smallest absolute Gasteiger partial charge is 0.163 e. The summed E-state index contributed by atoms with van der Waals surface area (Å²) in [6, 6.07) is 4.25.